The Hall–Kier alpha value is -1.98. The minimum atomic E-state index is -0.235. The summed E-state index contributed by atoms with van der Waals surface area (Å²) in [6, 6.07) is 14.7. The van der Waals surface area contributed by atoms with Crippen LogP contribution in [0.4, 0.5) is 16.2 Å². The van der Waals surface area contributed by atoms with E-state index >= 15 is 0 Å². The van der Waals surface area contributed by atoms with Gasteiger partial charge in [-0.25, -0.2) is 9.69 Å². The van der Waals surface area contributed by atoms with Crippen LogP contribution in [0.2, 0.25) is 5.02 Å². The average Bonchev–Trinajstić information content (AvgIpc) is 2.98. The van der Waals surface area contributed by atoms with Crippen LogP contribution in [0, 0.1) is 6.92 Å². The molecule has 0 aliphatic carbocycles. The number of amides is 2. The van der Waals surface area contributed by atoms with E-state index in [9.17, 15) is 4.79 Å². The predicted molar refractivity (Wildman–Crippen MR) is 103 cm³/mol. The third-order valence-corrected chi connectivity index (χ3v) is 4.90. The molecule has 6 heteroatoms. The Morgan fingerprint density at radius 2 is 1.88 bits per heavy atom. The zero-order valence-corrected chi connectivity index (χ0v) is 15.1. The number of anilines is 2. The van der Waals surface area contributed by atoms with Gasteiger partial charge in [-0.1, -0.05) is 48.0 Å². The first kappa shape index (κ1) is 16.9. The van der Waals surface area contributed by atoms with Gasteiger partial charge >= 0.3 is 6.03 Å². The molecule has 3 rings (SSSR count). The van der Waals surface area contributed by atoms with E-state index in [0.29, 0.717) is 22.0 Å². The molecule has 0 radical (unpaired) electrons. The van der Waals surface area contributed by atoms with Crippen molar-refractivity contribution in [3.05, 3.63) is 59.1 Å². The second-order valence-electron chi connectivity index (χ2n) is 5.66. The molecule has 2 aromatic rings. The van der Waals surface area contributed by atoms with Crippen molar-refractivity contribution < 1.29 is 4.79 Å². The Balaban J connectivity index is 1.87. The molecule has 0 fully saturated rings. The summed E-state index contributed by atoms with van der Waals surface area (Å²) in [5.41, 5.74) is 2.64. The van der Waals surface area contributed by atoms with E-state index in [1.165, 1.54) is 0 Å². The first-order chi connectivity index (χ1) is 11.5. The molecule has 0 saturated heterocycles. The standard InChI is InChI=1S/C18H18ClN3OS/c1-12-3-7-15(8-4-12)21-17(23)22(18-20-11-13(2)24-18)16-9-5-14(19)6-10-16/h3-10,13H,11H2,1-2H3,(H,21,23)/t13-/m0/s1. The monoisotopic (exact) mass is 359 g/mol. The number of halogens is 1. The third-order valence-electron chi connectivity index (χ3n) is 3.57. The molecule has 1 atom stereocenters. The van der Waals surface area contributed by atoms with Gasteiger partial charge in [0.25, 0.3) is 0 Å². The molecule has 0 aromatic heterocycles. The van der Waals surface area contributed by atoms with Crippen LogP contribution in [0.5, 0.6) is 0 Å². The molecule has 1 aliphatic rings. The summed E-state index contributed by atoms with van der Waals surface area (Å²) in [4.78, 5) is 19.0. The molecule has 2 amide bonds. The van der Waals surface area contributed by atoms with Gasteiger partial charge in [0.1, 0.15) is 0 Å². The molecule has 0 unspecified atom stereocenters. The maximum atomic E-state index is 12.9. The summed E-state index contributed by atoms with van der Waals surface area (Å²) in [6.07, 6.45) is 0. The van der Waals surface area contributed by atoms with Crippen LogP contribution in [0.1, 0.15) is 12.5 Å². The fourth-order valence-electron chi connectivity index (χ4n) is 2.31. The molecular formula is C18H18ClN3OS. The van der Waals surface area contributed by atoms with Crippen molar-refractivity contribution in [2.45, 2.75) is 19.1 Å². The summed E-state index contributed by atoms with van der Waals surface area (Å²) >= 11 is 7.56. The molecule has 4 nitrogen and oxygen atoms in total. The summed E-state index contributed by atoms with van der Waals surface area (Å²) < 4.78 is 0. The van der Waals surface area contributed by atoms with E-state index in [1.807, 2.05) is 43.3 Å². The van der Waals surface area contributed by atoms with Gasteiger partial charge in [-0.05, 0) is 43.3 Å². The zero-order chi connectivity index (χ0) is 17.1. The van der Waals surface area contributed by atoms with Crippen molar-refractivity contribution in [2.24, 2.45) is 4.99 Å². The van der Waals surface area contributed by atoms with Gasteiger partial charge in [-0.2, -0.15) is 0 Å². The lowest BCUT2D eigenvalue weighted by Gasteiger charge is -2.23. The van der Waals surface area contributed by atoms with Crippen LogP contribution in [-0.2, 0) is 0 Å². The normalized spacial score (nSPS) is 16.6. The van der Waals surface area contributed by atoms with Crippen molar-refractivity contribution in [1.82, 2.24) is 0 Å². The molecule has 0 saturated carbocycles. The molecular weight excluding hydrogens is 342 g/mol. The maximum Gasteiger partial charge on any atom is 0.332 e. The number of urea groups is 1. The highest BCUT2D eigenvalue weighted by molar-refractivity contribution is 8.15. The lowest BCUT2D eigenvalue weighted by molar-refractivity contribution is 0.259. The molecule has 1 N–H and O–H groups in total. The van der Waals surface area contributed by atoms with Crippen LogP contribution < -0.4 is 10.2 Å². The van der Waals surface area contributed by atoms with Crippen molar-refractivity contribution in [2.75, 3.05) is 16.8 Å². The number of rotatable bonds is 2. The predicted octanol–water partition coefficient (Wildman–Crippen LogP) is 5.18. The number of aliphatic imine (C=N–C) groups is 1. The van der Waals surface area contributed by atoms with Crippen molar-refractivity contribution >= 4 is 45.9 Å². The quantitative estimate of drug-likeness (QED) is 0.803. The Bertz CT molecular complexity index is 759. The van der Waals surface area contributed by atoms with Crippen molar-refractivity contribution in [1.29, 1.82) is 0 Å². The molecule has 2 aromatic carbocycles. The summed E-state index contributed by atoms with van der Waals surface area (Å²) in [5.74, 6) is 0. The summed E-state index contributed by atoms with van der Waals surface area (Å²) in [5, 5.41) is 4.63. The number of carbonyl (C=O) groups excluding carboxylic acids is 1. The van der Waals surface area contributed by atoms with Gasteiger partial charge in [0.2, 0.25) is 0 Å². The molecule has 124 valence electrons. The summed E-state index contributed by atoms with van der Waals surface area (Å²) in [6.45, 7) is 4.82. The number of hydrogen-bond donors (Lipinski definition) is 1. The summed E-state index contributed by atoms with van der Waals surface area (Å²) in [7, 11) is 0. The van der Waals surface area contributed by atoms with Gasteiger partial charge in [0.15, 0.2) is 5.17 Å². The fourth-order valence-corrected chi connectivity index (χ4v) is 3.38. The molecule has 1 heterocycles. The van der Waals surface area contributed by atoms with Gasteiger partial charge in [-0.15, -0.1) is 0 Å². The number of nitrogens with one attached hydrogen (secondary N) is 1. The lowest BCUT2D eigenvalue weighted by atomic mass is 10.2. The minimum Gasteiger partial charge on any atom is -0.307 e. The number of hydrogen-bond acceptors (Lipinski definition) is 3. The SMILES string of the molecule is Cc1ccc(NC(=O)N(C2=NC[C@H](C)S2)c2ccc(Cl)cc2)cc1. The van der Waals surface area contributed by atoms with Gasteiger partial charge < -0.3 is 5.32 Å². The van der Waals surface area contributed by atoms with Crippen LogP contribution in [-0.4, -0.2) is 23.0 Å². The highest BCUT2D eigenvalue weighted by Gasteiger charge is 2.27. The topological polar surface area (TPSA) is 44.7 Å². The molecule has 0 bridgehead atoms. The van der Waals surface area contributed by atoms with E-state index in [4.69, 9.17) is 11.6 Å². The second kappa shape index (κ2) is 7.28. The number of carbonyl (C=O) groups is 1. The lowest BCUT2D eigenvalue weighted by Crippen LogP contribution is -2.38. The maximum absolute atomic E-state index is 12.9. The van der Waals surface area contributed by atoms with Crippen LogP contribution in [0.25, 0.3) is 0 Å². The number of thioether (sulfide) groups is 1. The van der Waals surface area contributed by atoms with Crippen LogP contribution >= 0.6 is 23.4 Å². The van der Waals surface area contributed by atoms with Gasteiger partial charge in [0.05, 0.1) is 12.2 Å². The number of benzene rings is 2. The van der Waals surface area contributed by atoms with E-state index in [2.05, 4.69) is 17.2 Å². The van der Waals surface area contributed by atoms with Crippen LogP contribution in [0.15, 0.2) is 53.5 Å². The number of aryl methyl sites for hydroxylation is 1. The highest BCUT2D eigenvalue weighted by Crippen LogP contribution is 2.28. The fraction of sp³-hybridized carbons (Fsp3) is 0.222. The zero-order valence-electron chi connectivity index (χ0n) is 13.5. The first-order valence-electron chi connectivity index (χ1n) is 7.67. The smallest absolute Gasteiger partial charge is 0.307 e. The van der Waals surface area contributed by atoms with Crippen molar-refractivity contribution in [3.8, 4) is 0 Å². The number of amidine groups is 1. The highest BCUT2D eigenvalue weighted by atomic mass is 35.5. The van der Waals surface area contributed by atoms with Crippen molar-refractivity contribution in [3.63, 3.8) is 0 Å². The third kappa shape index (κ3) is 3.91. The molecule has 24 heavy (non-hydrogen) atoms. The van der Waals surface area contributed by atoms with E-state index < -0.39 is 0 Å². The van der Waals surface area contributed by atoms with Gasteiger partial charge in [0, 0.05) is 16.0 Å². The average molecular weight is 360 g/mol. The minimum absolute atomic E-state index is 0.235. The Morgan fingerprint density at radius 3 is 2.46 bits per heavy atom. The van der Waals surface area contributed by atoms with Crippen LogP contribution in [0.3, 0.4) is 0 Å². The number of nitrogens with zero attached hydrogens (tertiary/aromatic N) is 2. The Labute approximate surface area is 150 Å². The Kier molecular flexibility index (Phi) is 5.11. The van der Waals surface area contributed by atoms with Gasteiger partial charge in [-0.3, -0.25) is 4.99 Å². The second-order valence-corrected chi connectivity index (χ2v) is 7.50. The molecule has 1 aliphatic heterocycles. The molecule has 0 spiro atoms. The van der Waals surface area contributed by atoms with E-state index in [-0.39, 0.29) is 6.03 Å². The van der Waals surface area contributed by atoms with E-state index in [1.54, 1.807) is 28.8 Å². The van der Waals surface area contributed by atoms with E-state index in [0.717, 1.165) is 16.9 Å². The first-order valence-corrected chi connectivity index (χ1v) is 8.93. The Morgan fingerprint density at radius 1 is 1.21 bits per heavy atom. The largest absolute Gasteiger partial charge is 0.332 e.